The van der Waals surface area contributed by atoms with Crippen molar-refractivity contribution in [3.05, 3.63) is 65.0 Å². The zero-order chi connectivity index (χ0) is 16.8. The summed E-state index contributed by atoms with van der Waals surface area (Å²) in [5, 5.41) is 10.2. The Balaban J connectivity index is 1.46. The first-order chi connectivity index (χ1) is 12.3. The third-order valence-electron chi connectivity index (χ3n) is 4.56. The summed E-state index contributed by atoms with van der Waals surface area (Å²) >= 11 is 0. The van der Waals surface area contributed by atoms with E-state index in [0.717, 1.165) is 24.2 Å². The van der Waals surface area contributed by atoms with Crippen molar-refractivity contribution >= 4 is 29.6 Å². The van der Waals surface area contributed by atoms with E-state index in [-0.39, 0.29) is 5.88 Å². The zero-order valence-corrected chi connectivity index (χ0v) is 13.3. The van der Waals surface area contributed by atoms with Crippen LogP contribution >= 0.6 is 0 Å². The molecule has 0 saturated heterocycles. The first-order valence-corrected chi connectivity index (χ1v) is 8.10. The van der Waals surface area contributed by atoms with Crippen molar-refractivity contribution in [3.8, 4) is 5.88 Å². The molecule has 6 heteroatoms. The second kappa shape index (κ2) is 5.31. The Morgan fingerprint density at radius 1 is 1.08 bits per heavy atom. The van der Waals surface area contributed by atoms with Gasteiger partial charge >= 0.3 is 0 Å². The Morgan fingerprint density at radius 3 is 2.68 bits per heavy atom. The summed E-state index contributed by atoms with van der Waals surface area (Å²) in [5.41, 5.74) is 5.01. The van der Waals surface area contributed by atoms with E-state index in [1.807, 2.05) is 30.3 Å². The number of nitrogens with zero attached hydrogens (tertiary/aromatic N) is 4. The number of allylic oxidation sites excluding steroid dienone is 1. The second-order valence-corrected chi connectivity index (χ2v) is 6.15. The molecule has 0 amide bonds. The van der Waals surface area contributed by atoms with Crippen molar-refractivity contribution in [1.29, 1.82) is 0 Å². The molecule has 5 rings (SSSR count). The van der Waals surface area contributed by atoms with Gasteiger partial charge in [-0.15, -0.1) is 0 Å². The largest absolute Gasteiger partial charge is 0.492 e. The SMILES string of the molecule is Oc1nc(N2Cc3ccccc3C2)[nH]c1/C=C1\C=Nc2ncccc21. The predicted octanol–water partition coefficient (Wildman–Crippen LogP) is 3.29. The molecule has 2 N–H and O–H groups in total. The Bertz CT molecular complexity index is 1010. The van der Waals surface area contributed by atoms with Crippen LogP contribution in [-0.4, -0.2) is 26.3 Å². The maximum Gasteiger partial charge on any atom is 0.238 e. The minimum absolute atomic E-state index is 0.0100. The average molecular weight is 329 g/mol. The fourth-order valence-electron chi connectivity index (χ4n) is 3.29. The number of aromatic amines is 1. The normalized spacial score (nSPS) is 16.5. The number of imidazole rings is 1. The Labute approximate surface area is 144 Å². The number of pyridine rings is 1. The van der Waals surface area contributed by atoms with Crippen molar-refractivity contribution in [2.24, 2.45) is 4.99 Å². The van der Waals surface area contributed by atoms with Crippen LogP contribution in [0.3, 0.4) is 0 Å². The van der Waals surface area contributed by atoms with Crippen LogP contribution in [0, 0.1) is 0 Å². The average Bonchev–Trinajstić information content (AvgIpc) is 3.33. The van der Waals surface area contributed by atoms with Gasteiger partial charge < -0.3 is 15.0 Å². The number of aromatic nitrogens is 3. The molecule has 0 aliphatic carbocycles. The van der Waals surface area contributed by atoms with Gasteiger partial charge in [0.2, 0.25) is 11.8 Å². The molecule has 4 heterocycles. The van der Waals surface area contributed by atoms with E-state index >= 15 is 0 Å². The van der Waals surface area contributed by atoms with Gasteiger partial charge in [-0.05, 0) is 29.3 Å². The third kappa shape index (κ3) is 2.30. The van der Waals surface area contributed by atoms with E-state index < -0.39 is 0 Å². The van der Waals surface area contributed by atoms with Crippen LogP contribution in [0.15, 0.2) is 47.6 Å². The fraction of sp³-hybridized carbons (Fsp3) is 0.105. The maximum atomic E-state index is 10.2. The van der Waals surface area contributed by atoms with Gasteiger partial charge in [-0.1, -0.05) is 24.3 Å². The zero-order valence-electron chi connectivity index (χ0n) is 13.3. The van der Waals surface area contributed by atoms with Crippen molar-refractivity contribution < 1.29 is 5.11 Å². The number of H-pyrrole nitrogens is 1. The molecule has 122 valence electrons. The lowest BCUT2D eigenvalue weighted by molar-refractivity contribution is 0.455. The van der Waals surface area contributed by atoms with Gasteiger partial charge in [-0.3, -0.25) is 0 Å². The Hall–Kier alpha value is -3.41. The predicted molar refractivity (Wildman–Crippen MR) is 96.8 cm³/mol. The molecule has 1 aromatic carbocycles. The van der Waals surface area contributed by atoms with Crippen LogP contribution in [0.5, 0.6) is 5.88 Å². The van der Waals surface area contributed by atoms with E-state index in [1.54, 1.807) is 12.4 Å². The molecule has 0 saturated carbocycles. The lowest BCUT2D eigenvalue weighted by Gasteiger charge is -2.12. The first kappa shape index (κ1) is 14.0. The van der Waals surface area contributed by atoms with Crippen molar-refractivity contribution in [3.63, 3.8) is 0 Å². The van der Waals surface area contributed by atoms with Crippen LogP contribution < -0.4 is 4.90 Å². The number of nitrogens with one attached hydrogen (secondary N) is 1. The molecule has 2 aliphatic rings. The smallest absolute Gasteiger partial charge is 0.238 e. The minimum Gasteiger partial charge on any atom is -0.492 e. The van der Waals surface area contributed by atoms with Gasteiger partial charge in [-0.25, -0.2) is 9.98 Å². The van der Waals surface area contributed by atoms with Gasteiger partial charge in [0.05, 0.1) is 0 Å². The summed E-state index contributed by atoms with van der Waals surface area (Å²) in [5.74, 6) is 1.36. The second-order valence-electron chi connectivity index (χ2n) is 6.15. The molecule has 0 spiro atoms. The summed E-state index contributed by atoms with van der Waals surface area (Å²) in [6.07, 6.45) is 5.32. The first-order valence-electron chi connectivity index (χ1n) is 8.10. The van der Waals surface area contributed by atoms with Gasteiger partial charge in [0, 0.05) is 36.6 Å². The van der Waals surface area contributed by atoms with Crippen LogP contribution in [0.2, 0.25) is 0 Å². The van der Waals surface area contributed by atoms with Gasteiger partial charge in [0.25, 0.3) is 0 Å². The highest BCUT2D eigenvalue weighted by Gasteiger charge is 2.22. The molecule has 6 nitrogen and oxygen atoms in total. The molecule has 0 radical (unpaired) electrons. The number of rotatable bonds is 2. The van der Waals surface area contributed by atoms with E-state index in [2.05, 4.69) is 37.0 Å². The molecule has 0 unspecified atom stereocenters. The van der Waals surface area contributed by atoms with Crippen molar-refractivity contribution in [1.82, 2.24) is 15.0 Å². The summed E-state index contributed by atoms with van der Waals surface area (Å²) in [6, 6.07) is 12.2. The fourth-order valence-corrected chi connectivity index (χ4v) is 3.29. The molecule has 0 fully saturated rings. The molecular weight excluding hydrogens is 314 g/mol. The summed E-state index contributed by atoms with van der Waals surface area (Å²) in [4.78, 5) is 18.1. The lowest BCUT2D eigenvalue weighted by atomic mass is 10.1. The summed E-state index contributed by atoms with van der Waals surface area (Å²) in [6.45, 7) is 1.57. The van der Waals surface area contributed by atoms with E-state index in [9.17, 15) is 5.11 Å². The van der Waals surface area contributed by atoms with E-state index in [1.165, 1.54) is 11.1 Å². The van der Waals surface area contributed by atoms with E-state index in [0.29, 0.717) is 17.5 Å². The highest BCUT2D eigenvalue weighted by molar-refractivity contribution is 6.20. The molecule has 0 atom stereocenters. The number of hydrogen-bond acceptors (Lipinski definition) is 5. The number of anilines is 1. The van der Waals surface area contributed by atoms with Crippen LogP contribution in [0.1, 0.15) is 22.4 Å². The van der Waals surface area contributed by atoms with Gasteiger partial charge in [-0.2, -0.15) is 4.98 Å². The highest BCUT2D eigenvalue weighted by Crippen LogP contribution is 2.33. The number of benzene rings is 1. The number of fused-ring (bicyclic) bond motifs is 2. The van der Waals surface area contributed by atoms with Crippen molar-refractivity contribution in [2.45, 2.75) is 13.1 Å². The molecule has 3 aromatic rings. The van der Waals surface area contributed by atoms with Crippen molar-refractivity contribution in [2.75, 3.05) is 4.90 Å². The van der Waals surface area contributed by atoms with Crippen LogP contribution in [0.4, 0.5) is 11.8 Å². The summed E-state index contributed by atoms with van der Waals surface area (Å²) < 4.78 is 0. The lowest BCUT2D eigenvalue weighted by Crippen LogP contribution is -2.15. The molecular formula is C19H15N5O. The van der Waals surface area contributed by atoms with Crippen LogP contribution in [0.25, 0.3) is 11.6 Å². The van der Waals surface area contributed by atoms with Gasteiger partial charge in [0.1, 0.15) is 5.69 Å². The Morgan fingerprint density at radius 2 is 1.88 bits per heavy atom. The quantitative estimate of drug-likeness (QED) is 0.756. The minimum atomic E-state index is -0.0100. The number of aromatic hydroxyl groups is 1. The molecule has 2 aliphatic heterocycles. The molecule has 25 heavy (non-hydrogen) atoms. The van der Waals surface area contributed by atoms with Crippen LogP contribution in [-0.2, 0) is 13.1 Å². The monoisotopic (exact) mass is 329 g/mol. The third-order valence-corrected chi connectivity index (χ3v) is 4.56. The van der Waals surface area contributed by atoms with Gasteiger partial charge in [0.15, 0.2) is 5.82 Å². The number of aliphatic imine (C=N–C) groups is 1. The molecule has 0 bridgehead atoms. The van der Waals surface area contributed by atoms with E-state index in [4.69, 9.17) is 0 Å². The maximum absolute atomic E-state index is 10.2. The topological polar surface area (TPSA) is 77.4 Å². The Kier molecular flexibility index (Phi) is 2.97. The highest BCUT2D eigenvalue weighted by atomic mass is 16.3. The number of hydrogen-bond donors (Lipinski definition) is 2. The standard InChI is InChI=1S/C19H15N5O/c25-18-16(8-14-9-21-17-15(14)6-3-7-20-17)22-19(23-18)24-10-12-4-1-2-5-13(12)11-24/h1-9,25H,10-11H2,(H,22,23)/b14-8+. The summed E-state index contributed by atoms with van der Waals surface area (Å²) in [7, 11) is 0. The molecule has 2 aromatic heterocycles.